The van der Waals surface area contributed by atoms with Gasteiger partial charge in [0.2, 0.25) is 5.91 Å². The molecule has 7 nitrogen and oxygen atoms in total. The molecule has 1 amide bonds. The Labute approximate surface area is 205 Å². The number of amides is 1. The normalized spacial score (nSPS) is 12.0. The molecule has 0 saturated carbocycles. The van der Waals surface area contributed by atoms with Crippen LogP contribution in [-0.2, 0) is 33.7 Å². The number of carbonyl (C=O) groups is 2. The molecule has 4 aromatic rings. The van der Waals surface area contributed by atoms with Crippen molar-refractivity contribution < 1.29 is 18.8 Å². The van der Waals surface area contributed by atoms with Gasteiger partial charge in [0.05, 0.1) is 6.61 Å². The van der Waals surface area contributed by atoms with Gasteiger partial charge < -0.3 is 19.1 Å². The van der Waals surface area contributed by atoms with Gasteiger partial charge in [0.1, 0.15) is 17.5 Å². The van der Waals surface area contributed by atoms with Crippen LogP contribution in [0.5, 0.6) is 0 Å². The Morgan fingerprint density at radius 3 is 2.66 bits per heavy atom. The molecule has 2 heterocycles. The number of para-hydroxylation sites is 1. The van der Waals surface area contributed by atoms with Crippen molar-refractivity contribution in [2.45, 2.75) is 52.6 Å². The Hall–Kier alpha value is -3.87. The fourth-order valence-corrected chi connectivity index (χ4v) is 4.29. The van der Waals surface area contributed by atoms with E-state index < -0.39 is 12.0 Å². The molecule has 0 aliphatic carbocycles. The molecule has 4 rings (SSSR count). The molecular weight excluding hydrogens is 442 g/mol. The van der Waals surface area contributed by atoms with E-state index >= 15 is 0 Å². The predicted molar refractivity (Wildman–Crippen MR) is 135 cm³/mol. The summed E-state index contributed by atoms with van der Waals surface area (Å²) in [4.78, 5) is 24.1. The van der Waals surface area contributed by atoms with Gasteiger partial charge in [-0.1, -0.05) is 53.2 Å². The first-order chi connectivity index (χ1) is 16.9. The minimum absolute atomic E-state index is 0.260. The van der Waals surface area contributed by atoms with Crippen LogP contribution in [-0.4, -0.2) is 34.2 Å². The summed E-state index contributed by atoms with van der Waals surface area (Å²) in [6.45, 7) is 6.27. The molecule has 1 atom stereocenters. The maximum Gasteiger partial charge on any atom is 0.328 e. The number of nitrogens with zero attached hydrogens (tertiary/aromatic N) is 2. The van der Waals surface area contributed by atoms with Crippen LogP contribution in [0.2, 0.25) is 0 Å². The third-order valence-corrected chi connectivity index (χ3v) is 5.97. The molecule has 2 aromatic heterocycles. The molecule has 0 saturated heterocycles. The number of fused-ring (bicyclic) bond motifs is 1. The molecule has 7 heteroatoms. The zero-order chi connectivity index (χ0) is 24.8. The standard InChI is InChI=1S/C28H31N3O4/c1-4-34-28(33)26(29-20(3)32)16-22-18-31(27-10-6-5-9-24(22)27)15-7-8-23-17-25(30-35-23)21-13-11-19(2)12-14-21/h5-6,9-14,17-18,26H,4,7-8,15-16H2,1-3H3,(H,29,32)/t26-/m0/s1. The highest BCUT2D eigenvalue weighted by Crippen LogP contribution is 2.24. The smallest absolute Gasteiger partial charge is 0.328 e. The number of carbonyl (C=O) groups excluding carboxylic acids is 2. The van der Waals surface area contributed by atoms with Crippen molar-refractivity contribution in [3.8, 4) is 11.3 Å². The quantitative estimate of drug-likeness (QED) is 0.333. The summed E-state index contributed by atoms with van der Waals surface area (Å²) in [5.74, 6) is 0.170. The Bertz CT molecular complexity index is 1300. The molecule has 0 aliphatic rings. The zero-order valence-corrected chi connectivity index (χ0v) is 20.4. The second kappa shape index (κ2) is 11.0. The fraction of sp³-hybridized carbons (Fsp3) is 0.321. The van der Waals surface area contributed by atoms with E-state index in [0.29, 0.717) is 6.42 Å². The number of esters is 1. The summed E-state index contributed by atoms with van der Waals surface area (Å²) in [5.41, 5.74) is 5.18. The Balaban J connectivity index is 1.46. The van der Waals surface area contributed by atoms with Gasteiger partial charge in [-0.2, -0.15) is 0 Å². The second-order valence-corrected chi connectivity index (χ2v) is 8.72. The molecule has 35 heavy (non-hydrogen) atoms. The third-order valence-electron chi connectivity index (χ3n) is 5.97. The Morgan fingerprint density at radius 1 is 1.14 bits per heavy atom. The number of aryl methyl sites for hydroxylation is 3. The maximum absolute atomic E-state index is 12.4. The lowest BCUT2D eigenvalue weighted by Crippen LogP contribution is -2.42. The van der Waals surface area contributed by atoms with Crippen LogP contribution in [0.15, 0.2) is 65.3 Å². The molecule has 2 aromatic carbocycles. The molecule has 0 aliphatic heterocycles. The van der Waals surface area contributed by atoms with E-state index in [1.807, 2.05) is 24.3 Å². The van der Waals surface area contributed by atoms with Crippen molar-refractivity contribution >= 4 is 22.8 Å². The minimum Gasteiger partial charge on any atom is -0.464 e. The summed E-state index contributed by atoms with van der Waals surface area (Å²) in [7, 11) is 0. The molecule has 0 fully saturated rings. The summed E-state index contributed by atoms with van der Waals surface area (Å²) < 4.78 is 12.9. The number of aromatic nitrogens is 2. The van der Waals surface area contributed by atoms with Crippen LogP contribution in [0.4, 0.5) is 0 Å². The zero-order valence-electron chi connectivity index (χ0n) is 20.4. The first-order valence-corrected chi connectivity index (χ1v) is 12.0. The van der Waals surface area contributed by atoms with Gasteiger partial charge in [0.15, 0.2) is 0 Å². The van der Waals surface area contributed by atoms with E-state index in [2.05, 4.69) is 58.5 Å². The number of hydrogen-bond acceptors (Lipinski definition) is 5. The first-order valence-electron chi connectivity index (χ1n) is 12.0. The molecule has 0 unspecified atom stereocenters. The van der Waals surface area contributed by atoms with Crippen molar-refractivity contribution in [3.63, 3.8) is 0 Å². The predicted octanol–water partition coefficient (Wildman–Crippen LogP) is 4.85. The maximum atomic E-state index is 12.4. The summed E-state index contributed by atoms with van der Waals surface area (Å²) in [5, 5.41) is 8.02. The van der Waals surface area contributed by atoms with Gasteiger partial charge in [-0.25, -0.2) is 4.79 Å². The molecule has 1 N–H and O–H groups in total. The average molecular weight is 474 g/mol. The van der Waals surface area contributed by atoms with E-state index in [9.17, 15) is 9.59 Å². The van der Waals surface area contributed by atoms with E-state index in [-0.39, 0.29) is 12.5 Å². The number of hydrogen-bond donors (Lipinski definition) is 1. The highest BCUT2D eigenvalue weighted by molar-refractivity contribution is 5.87. The number of rotatable bonds is 10. The monoisotopic (exact) mass is 473 g/mol. The average Bonchev–Trinajstić information content (AvgIpc) is 3.44. The Kier molecular flexibility index (Phi) is 7.65. The largest absolute Gasteiger partial charge is 0.464 e. The van der Waals surface area contributed by atoms with Crippen LogP contribution in [0.1, 0.15) is 37.2 Å². The number of benzene rings is 2. The lowest BCUT2D eigenvalue weighted by molar-refractivity contribution is -0.147. The van der Waals surface area contributed by atoms with Gasteiger partial charge >= 0.3 is 5.97 Å². The van der Waals surface area contributed by atoms with Crippen molar-refractivity contribution in [1.82, 2.24) is 15.0 Å². The highest BCUT2D eigenvalue weighted by Gasteiger charge is 2.23. The minimum atomic E-state index is -0.721. The van der Waals surface area contributed by atoms with Crippen molar-refractivity contribution in [1.29, 1.82) is 0 Å². The van der Waals surface area contributed by atoms with Crippen LogP contribution in [0, 0.1) is 6.92 Å². The van der Waals surface area contributed by atoms with Crippen molar-refractivity contribution in [3.05, 3.63) is 77.7 Å². The number of nitrogens with one attached hydrogen (secondary N) is 1. The lowest BCUT2D eigenvalue weighted by Gasteiger charge is -2.16. The van der Waals surface area contributed by atoms with Gasteiger partial charge in [-0.05, 0) is 31.9 Å². The Morgan fingerprint density at radius 2 is 1.91 bits per heavy atom. The first kappa shape index (κ1) is 24.3. The molecule has 0 radical (unpaired) electrons. The van der Waals surface area contributed by atoms with Crippen molar-refractivity contribution in [2.24, 2.45) is 0 Å². The molecule has 0 bridgehead atoms. The van der Waals surface area contributed by atoms with E-state index in [4.69, 9.17) is 9.26 Å². The molecule has 182 valence electrons. The molecular formula is C28H31N3O4. The van der Waals surface area contributed by atoms with Gasteiger partial charge in [-0.3, -0.25) is 4.79 Å². The van der Waals surface area contributed by atoms with E-state index in [1.165, 1.54) is 12.5 Å². The van der Waals surface area contributed by atoms with Crippen LogP contribution in [0.3, 0.4) is 0 Å². The summed E-state index contributed by atoms with van der Waals surface area (Å²) in [6, 6.07) is 17.6. The summed E-state index contributed by atoms with van der Waals surface area (Å²) >= 11 is 0. The highest BCUT2D eigenvalue weighted by atomic mass is 16.5. The van der Waals surface area contributed by atoms with E-state index in [1.54, 1.807) is 6.92 Å². The van der Waals surface area contributed by atoms with Gasteiger partial charge in [0, 0.05) is 55.0 Å². The third kappa shape index (κ3) is 5.98. The topological polar surface area (TPSA) is 86.4 Å². The van der Waals surface area contributed by atoms with E-state index in [0.717, 1.165) is 52.9 Å². The van der Waals surface area contributed by atoms with Crippen molar-refractivity contribution in [2.75, 3.05) is 6.61 Å². The van der Waals surface area contributed by atoms with Crippen LogP contribution >= 0.6 is 0 Å². The van der Waals surface area contributed by atoms with Crippen LogP contribution in [0.25, 0.3) is 22.2 Å². The fourth-order valence-electron chi connectivity index (χ4n) is 4.29. The SMILES string of the molecule is CCOC(=O)[C@H](Cc1cn(CCCc2cc(-c3ccc(C)cc3)no2)c2ccccc12)NC(C)=O. The van der Waals surface area contributed by atoms with Gasteiger partial charge in [0.25, 0.3) is 0 Å². The second-order valence-electron chi connectivity index (χ2n) is 8.72. The molecule has 0 spiro atoms. The summed E-state index contributed by atoms with van der Waals surface area (Å²) in [6.07, 6.45) is 4.07. The van der Waals surface area contributed by atoms with Gasteiger partial charge in [-0.15, -0.1) is 0 Å². The lowest BCUT2D eigenvalue weighted by atomic mass is 10.0. The van der Waals surface area contributed by atoms with Crippen LogP contribution < -0.4 is 5.32 Å². The number of ether oxygens (including phenoxy) is 1.